The molecule has 15 heavy (non-hydrogen) atoms. The third-order valence-electron chi connectivity index (χ3n) is 2.86. The van der Waals surface area contributed by atoms with Gasteiger partial charge in [-0.25, -0.2) is 0 Å². The molecule has 1 aliphatic heterocycles. The molecule has 2 N–H and O–H groups in total. The van der Waals surface area contributed by atoms with Gasteiger partial charge in [0.1, 0.15) is 5.54 Å². The SMILES string of the molecule is CC1(C(=O)O)CC(c2ccc(Br)s2)CN1. The van der Waals surface area contributed by atoms with Gasteiger partial charge < -0.3 is 10.4 Å². The second-order valence-electron chi connectivity index (χ2n) is 4.06. The van der Waals surface area contributed by atoms with E-state index in [2.05, 4.69) is 27.3 Å². The lowest BCUT2D eigenvalue weighted by atomic mass is 9.94. The first-order chi connectivity index (χ1) is 7.01. The molecular formula is C10H12BrNO2S. The van der Waals surface area contributed by atoms with E-state index in [-0.39, 0.29) is 0 Å². The van der Waals surface area contributed by atoms with E-state index >= 15 is 0 Å². The van der Waals surface area contributed by atoms with Crippen LogP contribution in [-0.4, -0.2) is 23.2 Å². The van der Waals surface area contributed by atoms with Crippen molar-refractivity contribution in [2.24, 2.45) is 0 Å². The zero-order valence-corrected chi connectivity index (χ0v) is 10.7. The van der Waals surface area contributed by atoms with Gasteiger partial charge in [0, 0.05) is 17.3 Å². The molecule has 0 aliphatic carbocycles. The van der Waals surface area contributed by atoms with Crippen molar-refractivity contribution in [1.29, 1.82) is 0 Å². The highest BCUT2D eigenvalue weighted by Gasteiger charge is 2.41. The summed E-state index contributed by atoms with van der Waals surface area (Å²) in [6.07, 6.45) is 0.662. The van der Waals surface area contributed by atoms with E-state index in [0.29, 0.717) is 12.3 Å². The van der Waals surface area contributed by atoms with Crippen molar-refractivity contribution in [2.45, 2.75) is 24.8 Å². The van der Waals surface area contributed by atoms with E-state index in [0.717, 1.165) is 10.3 Å². The predicted octanol–water partition coefficient (Wildman–Crippen LogP) is 2.43. The fraction of sp³-hybridized carbons (Fsp3) is 0.500. The van der Waals surface area contributed by atoms with Gasteiger partial charge in [0.15, 0.2) is 0 Å². The lowest BCUT2D eigenvalue weighted by Gasteiger charge is -2.17. The molecule has 0 saturated carbocycles. The Morgan fingerprint density at radius 2 is 2.47 bits per heavy atom. The third-order valence-corrected chi connectivity index (χ3v) is 4.65. The molecule has 0 amide bonds. The molecule has 1 aromatic heterocycles. The largest absolute Gasteiger partial charge is 0.480 e. The molecule has 2 rings (SSSR count). The van der Waals surface area contributed by atoms with Gasteiger partial charge in [-0.15, -0.1) is 11.3 Å². The fourth-order valence-electron chi connectivity index (χ4n) is 1.90. The summed E-state index contributed by atoms with van der Waals surface area (Å²) in [5.41, 5.74) is -0.763. The number of rotatable bonds is 2. The maximum Gasteiger partial charge on any atom is 0.323 e. The van der Waals surface area contributed by atoms with Crippen LogP contribution in [0.2, 0.25) is 0 Å². The Bertz CT molecular complexity index is 393. The molecule has 3 nitrogen and oxygen atoms in total. The van der Waals surface area contributed by atoms with Crippen LogP contribution in [0.3, 0.4) is 0 Å². The normalized spacial score (nSPS) is 30.7. The Balaban J connectivity index is 2.14. The van der Waals surface area contributed by atoms with E-state index < -0.39 is 11.5 Å². The van der Waals surface area contributed by atoms with E-state index in [4.69, 9.17) is 5.11 Å². The lowest BCUT2D eigenvalue weighted by Crippen LogP contribution is -2.44. The first-order valence-corrected chi connectivity index (χ1v) is 6.36. The number of carbonyl (C=O) groups is 1. The van der Waals surface area contributed by atoms with Gasteiger partial charge in [0.2, 0.25) is 0 Å². The second kappa shape index (κ2) is 3.88. The molecule has 2 atom stereocenters. The predicted molar refractivity (Wildman–Crippen MR) is 63.4 cm³/mol. The van der Waals surface area contributed by atoms with Crippen LogP contribution in [-0.2, 0) is 4.79 Å². The average molecular weight is 290 g/mol. The van der Waals surface area contributed by atoms with E-state index in [1.54, 1.807) is 18.3 Å². The number of carboxylic acids is 1. The molecule has 0 spiro atoms. The first kappa shape index (κ1) is 11.1. The number of aliphatic carboxylic acids is 1. The van der Waals surface area contributed by atoms with Crippen LogP contribution < -0.4 is 5.32 Å². The highest BCUT2D eigenvalue weighted by atomic mass is 79.9. The van der Waals surface area contributed by atoms with Crippen molar-refractivity contribution in [1.82, 2.24) is 5.32 Å². The Hall–Kier alpha value is -0.390. The minimum atomic E-state index is -0.763. The third kappa shape index (κ3) is 2.09. The minimum absolute atomic E-state index is 0.322. The standard InChI is InChI=1S/C10H12BrNO2S/c1-10(9(13)14)4-6(5-12-10)7-2-3-8(11)15-7/h2-3,6,12H,4-5H2,1H3,(H,13,14). The molecule has 0 aromatic carbocycles. The Morgan fingerprint density at radius 1 is 1.73 bits per heavy atom. The molecule has 1 aromatic rings. The topological polar surface area (TPSA) is 49.3 Å². The fourth-order valence-corrected chi connectivity index (χ4v) is 3.42. The zero-order chi connectivity index (χ0) is 11.1. The number of thiophene rings is 1. The quantitative estimate of drug-likeness (QED) is 0.879. The van der Waals surface area contributed by atoms with Crippen LogP contribution in [0.25, 0.3) is 0 Å². The highest BCUT2D eigenvalue weighted by molar-refractivity contribution is 9.11. The summed E-state index contributed by atoms with van der Waals surface area (Å²) < 4.78 is 1.10. The van der Waals surface area contributed by atoms with Gasteiger partial charge in [0.25, 0.3) is 0 Å². The highest BCUT2D eigenvalue weighted by Crippen LogP contribution is 2.36. The summed E-state index contributed by atoms with van der Waals surface area (Å²) in [4.78, 5) is 12.3. The maximum atomic E-state index is 11.0. The van der Waals surface area contributed by atoms with Crippen LogP contribution in [0.15, 0.2) is 15.9 Å². The molecule has 0 radical (unpaired) electrons. The number of hydrogen-bond acceptors (Lipinski definition) is 3. The van der Waals surface area contributed by atoms with Crippen molar-refractivity contribution < 1.29 is 9.90 Å². The van der Waals surface area contributed by atoms with Crippen LogP contribution >= 0.6 is 27.3 Å². The molecule has 82 valence electrons. The Morgan fingerprint density at radius 3 is 2.93 bits per heavy atom. The Labute approximate surface area is 101 Å². The van der Waals surface area contributed by atoms with Crippen molar-refractivity contribution in [2.75, 3.05) is 6.54 Å². The van der Waals surface area contributed by atoms with Crippen LogP contribution in [0.1, 0.15) is 24.1 Å². The number of carboxylic acid groups (broad SMARTS) is 1. The summed E-state index contributed by atoms with van der Waals surface area (Å²) in [7, 11) is 0. The molecule has 1 fully saturated rings. The summed E-state index contributed by atoms with van der Waals surface area (Å²) >= 11 is 5.10. The second-order valence-corrected chi connectivity index (χ2v) is 6.56. The van der Waals surface area contributed by atoms with E-state index in [9.17, 15) is 4.79 Å². The lowest BCUT2D eigenvalue weighted by molar-refractivity contribution is -0.143. The number of halogens is 1. The van der Waals surface area contributed by atoms with Crippen LogP contribution in [0, 0.1) is 0 Å². The number of nitrogens with one attached hydrogen (secondary N) is 1. The van der Waals surface area contributed by atoms with E-state index in [1.807, 2.05) is 6.07 Å². The summed E-state index contributed by atoms with van der Waals surface area (Å²) in [6.45, 7) is 2.49. The van der Waals surface area contributed by atoms with E-state index in [1.165, 1.54) is 4.88 Å². The monoisotopic (exact) mass is 289 g/mol. The van der Waals surface area contributed by atoms with Crippen LogP contribution in [0.4, 0.5) is 0 Å². The van der Waals surface area contributed by atoms with Crippen molar-refractivity contribution in [3.63, 3.8) is 0 Å². The van der Waals surface area contributed by atoms with Gasteiger partial charge in [0.05, 0.1) is 3.79 Å². The van der Waals surface area contributed by atoms with Crippen molar-refractivity contribution in [3.8, 4) is 0 Å². The summed E-state index contributed by atoms with van der Waals surface area (Å²) in [6, 6.07) is 4.07. The van der Waals surface area contributed by atoms with Gasteiger partial charge in [-0.3, -0.25) is 4.79 Å². The van der Waals surface area contributed by atoms with Crippen LogP contribution in [0.5, 0.6) is 0 Å². The van der Waals surface area contributed by atoms with Crippen molar-refractivity contribution >= 4 is 33.2 Å². The van der Waals surface area contributed by atoms with Crippen molar-refractivity contribution in [3.05, 3.63) is 20.8 Å². The summed E-state index contributed by atoms with van der Waals surface area (Å²) in [5.74, 6) is -0.442. The molecule has 0 bridgehead atoms. The maximum absolute atomic E-state index is 11.0. The van der Waals surface area contributed by atoms with Gasteiger partial charge in [-0.1, -0.05) is 0 Å². The molecule has 2 unspecified atom stereocenters. The molecule has 1 saturated heterocycles. The molecule has 5 heteroatoms. The molecule has 2 heterocycles. The molecular weight excluding hydrogens is 278 g/mol. The molecule has 1 aliphatic rings. The zero-order valence-electron chi connectivity index (χ0n) is 8.29. The van der Waals surface area contributed by atoms with Gasteiger partial charge in [-0.2, -0.15) is 0 Å². The number of hydrogen-bond donors (Lipinski definition) is 2. The minimum Gasteiger partial charge on any atom is -0.480 e. The first-order valence-electron chi connectivity index (χ1n) is 4.75. The van der Waals surface area contributed by atoms with Gasteiger partial charge >= 0.3 is 5.97 Å². The Kier molecular flexibility index (Phi) is 2.87. The average Bonchev–Trinajstić information content (AvgIpc) is 2.73. The van der Waals surface area contributed by atoms with Gasteiger partial charge in [-0.05, 0) is 41.4 Å². The smallest absolute Gasteiger partial charge is 0.323 e. The summed E-state index contributed by atoms with van der Waals surface area (Å²) in [5, 5.41) is 12.2.